The average molecular weight is 205 g/mol. The molecule has 2 nitrogen and oxygen atoms in total. The van der Waals surface area contributed by atoms with E-state index in [-0.39, 0.29) is 5.60 Å². The molecule has 0 saturated heterocycles. The first kappa shape index (κ1) is 10.5. The van der Waals surface area contributed by atoms with E-state index in [1.807, 2.05) is 7.05 Å². The molecule has 0 saturated carbocycles. The second-order valence-corrected chi connectivity index (χ2v) is 4.95. The summed E-state index contributed by atoms with van der Waals surface area (Å²) in [5, 5.41) is 3.36. The zero-order valence-electron chi connectivity index (χ0n) is 9.92. The van der Waals surface area contributed by atoms with E-state index in [9.17, 15) is 0 Å². The fourth-order valence-electron chi connectivity index (χ4n) is 2.23. The van der Waals surface area contributed by atoms with Crippen molar-refractivity contribution in [2.45, 2.75) is 38.8 Å². The summed E-state index contributed by atoms with van der Waals surface area (Å²) in [6, 6.07) is 6.80. The van der Waals surface area contributed by atoms with E-state index in [0.717, 1.165) is 12.2 Å². The minimum atomic E-state index is -0.0735. The van der Waals surface area contributed by atoms with Gasteiger partial charge in [0.2, 0.25) is 0 Å². The first-order valence-electron chi connectivity index (χ1n) is 5.49. The molecule has 0 fully saturated rings. The maximum atomic E-state index is 5.97. The SMILES string of the molecule is CNC1CC(C)(C)Oc2ccc(C)cc21. The van der Waals surface area contributed by atoms with Gasteiger partial charge < -0.3 is 10.1 Å². The van der Waals surface area contributed by atoms with Gasteiger partial charge in [-0.05, 0) is 33.9 Å². The van der Waals surface area contributed by atoms with Crippen LogP contribution in [0.25, 0.3) is 0 Å². The van der Waals surface area contributed by atoms with Crippen LogP contribution < -0.4 is 10.1 Å². The van der Waals surface area contributed by atoms with Crippen molar-refractivity contribution in [1.29, 1.82) is 0 Å². The number of benzene rings is 1. The van der Waals surface area contributed by atoms with Gasteiger partial charge in [-0.2, -0.15) is 0 Å². The largest absolute Gasteiger partial charge is 0.487 e. The van der Waals surface area contributed by atoms with Crippen molar-refractivity contribution in [3.05, 3.63) is 29.3 Å². The Balaban J connectivity index is 2.44. The molecule has 0 radical (unpaired) electrons. The van der Waals surface area contributed by atoms with Crippen molar-refractivity contribution in [3.63, 3.8) is 0 Å². The molecule has 82 valence electrons. The molecule has 0 amide bonds. The summed E-state index contributed by atoms with van der Waals surface area (Å²) in [7, 11) is 2.01. The van der Waals surface area contributed by atoms with E-state index in [4.69, 9.17) is 4.74 Å². The Morgan fingerprint density at radius 2 is 2.13 bits per heavy atom. The maximum absolute atomic E-state index is 5.97. The Morgan fingerprint density at radius 3 is 2.80 bits per heavy atom. The van der Waals surface area contributed by atoms with Crippen LogP contribution in [0, 0.1) is 6.92 Å². The molecule has 1 N–H and O–H groups in total. The average Bonchev–Trinajstić information content (AvgIpc) is 2.16. The lowest BCUT2D eigenvalue weighted by molar-refractivity contribution is 0.0675. The van der Waals surface area contributed by atoms with Crippen LogP contribution in [0.4, 0.5) is 0 Å². The molecule has 1 aromatic rings. The molecule has 0 spiro atoms. The highest BCUT2D eigenvalue weighted by Gasteiger charge is 2.32. The number of hydrogen-bond acceptors (Lipinski definition) is 2. The lowest BCUT2D eigenvalue weighted by Crippen LogP contribution is -2.38. The molecule has 1 aliphatic rings. The summed E-state index contributed by atoms with van der Waals surface area (Å²) in [5.74, 6) is 1.02. The van der Waals surface area contributed by atoms with Crippen LogP contribution in [-0.2, 0) is 0 Å². The number of rotatable bonds is 1. The summed E-state index contributed by atoms with van der Waals surface area (Å²) in [5.41, 5.74) is 2.50. The molecule has 0 bridgehead atoms. The van der Waals surface area contributed by atoms with E-state index < -0.39 is 0 Å². The fourth-order valence-corrected chi connectivity index (χ4v) is 2.23. The third-order valence-electron chi connectivity index (χ3n) is 2.97. The number of ether oxygens (including phenoxy) is 1. The minimum Gasteiger partial charge on any atom is -0.487 e. The number of hydrogen-bond donors (Lipinski definition) is 1. The minimum absolute atomic E-state index is 0.0735. The van der Waals surface area contributed by atoms with Gasteiger partial charge in [0.05, 0.1) is 0 Å². The Bertz CT molecular complexity index is 371. The van der Waals surface area contributed by atoms with Crippen molar-refractivity contribution >= 4 is 0 Å². The predicted molar refractivity (Wildman–Crippen MR) is 62.3 cm³/mol. The van der Waals surface area contributed by atoms with Crippen LogP contribution in [0.15, 0.2) is 18.2 Å². The normalized spacial score (nSPS) is 23.1. The Hall–Kier alpha value is -1.02. The predicted octanol–water partition coefficient (Wildman–Crippen LogP) is 2.82. The van der Waals surface area contributed by atoms with Crippen LogP contribution in [0.1, 0.15) is 37.4 Å². The van der Waals surface area contributed by atoms with Gasteiger partial charge in [-0.15, -0.1) is 0 Å². The highest BCUT2D eigenvalue weighted by atomic mass is 16.5. The summed E-state index contributed by atoms with van der Waals surface area (Å²) in [4.78, 5) is 0. The molecule has 1 unspecified atom stereocenters. The van der Waals surface area contributed by atoms with E-state index in [0.29, 0.717) is 6.04 Å². The molecule has 1 aromatic carbocycles. The lowest BCUT2D eigenvalue weighted by Gasteiger charge is -2.37. The molecule has 2 rings (SSSR count). The van der Waals surface area contributed by atoms with E-state index in [1.54, 1.807) is 0 Å². The first-order valence-corrected chi connectivity index (χ1v) is 5.49. The molecule has 0 aliphatic carbocycles. The molecule has 1 aliphatic heterocycles. The van der Waals surface area contributed by atoms with Crippen molar-refractivity contribution in [3.8, 4) is 5.75 Å². The monoisotopic (exact) mass is 205 g/mol. The number of nitrogens with one attached hydrogen (secondary N) is 1. The standard InChI is InChI=1S/C13H19NO/c1-9-5-6-12-10(7-9)11(14-4)8-13(2,3)15-12/h5-7,11,14H,8H2,1-4H3. The smallest absolute Gasteiger partial charge is 0.124 e. The van der Waals surface area contributed by atoms with Crippen LogP contribution in [0.2, 0.25) is 0 Å². The van der Waals surface area contributed by atoms with Crippen LogP contribution in [0.5, 0.6) is 5.75 Å². The van der Waals surface area contributed by atoms with Gasteiger partial charge in [0.15, 0.2) is 0 Å². The summed E-state index contributed by atoms with van der Waals surface area (Å²) in [6.07, 6.45) is 1.01. The summed E-state index contributed by atoms with van der Waals surface area (Å²) >= 11 is 0. The number of fused-ring (bicyclic) bond motifs is 1. The molecule has 1 atom stereocenters. The summed E-state index contributed by atoms with van der Waals surface area (Å²) < 4.78 is 5.97. The van der Waals surface area contributed by atoms with Gasteiger partial charge in [-0.3, -0.25) is 0 Å². The highest BCUT2D eigenvalue weighted by molar-refractivity contribution is 5.41. The highest BCUT2D eigenvalue weighted by Crippen LogP contribution is 2.39. The van der Waals surface area contributed by atoms with Crippen LogP contribution in [-0.4, -0.2) is 12.6 Å². The zero-order valence-corrected chi connectivity index (χ0v) is 9.92. The Kier molecular flexibility index (Phi) is 2.47. The molecular formula is C13H19NO. The zero-order chi connectivity index (χ0) is 11.1. The molecular weight excluding hydrogens is 186 g/mol. The van der Waals surface area contributed by atoms with Crippen LogP contribution >= 0.6 is 0 Å². The molecule has 2 heteroatoms. The van der Waals surface area contributed by atoms with Crippen molar-refractivity contribution in [1.82, 2.24) is 5.32 Å². The first-order chi connectivity index (χ1) is 7.02. The van der Waals surface area contributed by atoms with E-state index in [2.05, 4.69) is 44.3 Å². The second kappa shape index (κ2) is 3.53. The van der Waals surface area contributed by atoms with Gasteiger partial charge in [-0.1, -0.05) is 17.7 Å². The van der Waals surface area contributed by atoms with Crippen molar-refractivity contribution < 1.29 is 4.74 Å². The third kappa shape index (κ3) is 2.00. The van der Waals surface area contributed by atoms with E-state index in [1.165, 1.54) is 11.1 Å². The second-order valence-electron chi connectivity index (χ2n) is 4.95. The van der Waals surface area contributed by atoms with E-state index >= 15 is 0 Å². The maximum Gasteiger partial charge on any atom is 0.124 e. The third-order valence-corrected chi connectivity index (χ3v) is 2.97. The summed E-state index contributed by atoms with van der Waals surface area (Å²) in [6.45, 7) is 6.40. The van der Waals surface area contributed by atoms with Crippen molar-refractivity contribution in [2.24, 2.45) is 0 Å². The van der Waals surface area contributed by atoms with Crippen LogP contribution in [0.3, 0.4) is 0 Å². The fraction of sp³-hybridized carbons (Fsp3) is 0.538. The Morgan fingerprint density at radius 1 is 1.40 bits per heavy atom. The topological polar surface area (TPSA) is 21.3 Å². The number of aryl methyl sites for hydroxylation is 1. The van der Waals surface area contributed by atoms with Crippen molar-refractivity contribution in [2.75, 3.05) is 7.05 Å². The van der Waals surface area contributed by atoms with Gasteiger partial charge in [0.1, 0.15) is 11.4 Å². The quantitative estimate of drug-likeness (QED) is 0.761. The van der Waals surface area contributed by atoms with Gasteiger partial charge in [0.25, 0.3) is 0 Å². The van der Waals surface area contributed by atoms with Gasteiger partial charge in [0, 0.05) is 18.0 Å². The molecule has 1 heterocycles. The van der Waals surface area contributed by atoms with Gasteiger partial charge >= 0.3 is 0 Å². The molecule has 15 heavy (non-hydrogen) atoms. The lowest BCUT2D eigenvalue weighted by atomic mass is 9.89. The van der Waals surface area contributed by atoms with Gasteiger partial charge in [-0.25, -0.2) is 0 Å². The Labute approximate surface area is 91.6 Å². The molecule has 0 aromatic heterocycles.